The van der Waals surface area contributed by atoms with Crippen LogP contribution in [0.25, 0.3) is 0 Å². The molecule has 2 N–H and O–H groups in total. The Bertz CT molecular complexity index is 1240. The number of fused-ring (bicyclic) bond motifs is 1. The van der Waals surface area contributed by atoms with E-state index >= 15 is 0 Å². The van der Waals surface area contributed by atoms with Crippen molar-refractivity contribution in [2.45, 2.75) is 50.9 Å². The van der Waals surface area contributed by atoms with Gasteiger partial charge < -0.3 is 34.5 Å². The minimum Gasteiger partial charge on any atom is -0.496 e. The average Bonchev–Trinajstić information content (AvgIpc) is 3.05. The molecule has 0 amide bonds. The van der Waals surface area contributed by atoms with Gasteiger partial charge in [0, 0.05) is 49.8 Å². The molecule has 1 fully saturated rings. The fourth-order valence-electron chi connectivity index (χ4n) is 6.02. The van der Waals surface area contributed by atoms with Gasteiger partial charge in [-0.25, -0.2) is 0 Å². The first-order valence-corrected chi connectivity index (χ1v) is 15.5. The molecule has 2 aliphatic rings. The van der Waals surface area contributed by atoms with Gasteiger partial charge in [-0.1, -0.05) is 42.5 Å². The number of nitrogens with zero attached hydrogens (tertiary/aromatic N) is 1. The number of hydrogen-bond acceptors (Lipinski definition) is 7. The standard InChI is InChI=1S/C35H47N3O4/c1-36-18-20-38-19-5-8-29-11-10-27(23-33(29)38)25-42-35-24-37-17-16-32(35)28-12-14-31(15-13-28)41-22-6-21-40-26-30-7-3-4-9-34(30)39-2/h3-4,7,9-15,23,32,35-37H,5-6,8,16-22,24-26H2,1-2H3/t32-,35+/m1/s1. The summed E-state index contributed by atoms with van der Waals surface area (Å²) in [5.74, 6) is 2.13. The predicted octanol–water partition coefficient (Wildman–Crippen LogP) is 5.32. The number of nitrogens with one attached hydrogen (secondary N) is 2. The number of anilines is 1. The number of benzene rings is 3. The van der Waals surface area contributed by atoms with E-state index in [2.05, 4.69) is 58.0 Å². The number of ether oxygens (including phenoxy) is 4. The van der Waals surface area contributed by atoms with Gasteiger partial charge >= 0.3 is 0 Å². The third-order valence-corrected chi connectivity index (χ3v) is 8.35. The Morgan fingerprint density at radius 1 is 1.00 bits per heavy atom. The Hall–Kier alpha value is -3.10. The van der Waals surface area contributed by atoms with Crippen LogP contribution in [0.4, 0.5) is 5.69 Å². The second-order valence-electron chi connectivity index (χ2n) is 11.2. The summed E-state index contributed by atoms with van der Waals surface area (Å²) < 4.78 is 23.8. The van der Waals surface area contributed by atoms with Crippen molar-refractivity contribution in [2.75, 3.05) is 65.0 Å². The van der Waals surface area contributed by atoms with Crippen molar-refractivity contribution >= 4 is 5.69 Å². The first-order valence-electron chi connectivity index (χ1n) is 15.5. The molecule has 226 valence electrons. The summed E-state index contributed by atoms with van der Waals surface area (Å²) >= 11 is 0. The molecule has 0 bridgehead atoms. The maximum Gasteiger partial charge on any atom is 0.124 e. The summed E-state index contributed by atoms with van der Waals surface area (Å²) in [7, 11) is 3.71. The quantitative estimate of drug-likeness (QED) is 0.239. The maximum atomic E-state index is 6.58. The number of aryl methyl sites for hydroxylation is 1. The Kier molecular flexibility index (Phi) is 11.5. The molecule has 1 saturated heterocycles. The Labute approximate surface area is 251 Å². The van der Waals surface area contributed by atoms with Crippen LogP contribution in [-0.4, -0.2) is 66.2 Å². The van der Waals surface area contributed by atoms with Crippen LogP contribution in [0.15, 0.2) is 66.7 Å². The number of methoxy groups -OCH3 is 1. The molecule has 5 rings (SSSR count). The molecule has 7 heteroatoms. The highest BCUT2D eigenvalue weighted by Crippen LogP contribution is 2.32. The molecule has 42 heavy (non-hydrogen) atoms. The number of rotatable bonds is 15. The van der Waals surface area contributed by atoms with Crippen molar-refractivity contribution in [1.29, 1.82) is 0 Å². The molecular weight excluding hydrogens is 526 g/mol. The van der Waals surface area contributed by atoms with E-state index < -0.39 is 0 Å². The van der Waals surface area contributed by atoms with Gasteiger partial charge in [-0.3, -0.25) is 0 Å². The fraction of sp³-hybridized carbons (Fsp3) is 0.486. The molecule has 0 aromatic heterocycles. The van der Waals surface area contributed by atoms with E-state index in [-0.39, 0.29) is 6.10 Å². The number of likely N-dealkylation sites (N-methyl/N-ethyl adjacent to an activating group) is 1. The van der Waals surface area contributed by atoms with Crippen LogP contribution in [0.1, 0.15) is 47.4 Å². The van der Waals surface area contributed by atoms with E-state index in [9.17, 15) is 0 Å². The van der Waals surface area contributed by atoms with Gasteiger partial charge in [0.1, 0.15) is 11.5 Å². The van der Waals surface area contributed by atoms with Gasteiger partial charge in [-0.05, 0) is 73.8 Å². The van der Waals surface area contributed by atoms with Crippen molar-refractivity contribution in [3.05, 3.63) is 89.0 Å². The second-order valence-corrected chi connectivity index (χ2v) is 11.2. The lowest BCUT2D eigenvalue weighted by Gasteiger charge is -2.33. The number of hydrogen-bond donors (Lipinski definition) is 2. The van der Waals surface area contributed by atoms with Crippen molar-refractivity contribution in [2.24, 2.45) is 0 Å². The molecule has 3 aromatic carbocycles. The van der Waals surface area contributed by atoms with Crippen LogP contribution >= 0.6 is 0 Å². The fourth-order valence-corrected chi connectivity index (χ4v) is 6.02. The zero-order valence-electron chi connectivity index (χ0n) is 25.3. The van der Waals surface area contributed by atoms with Crippen LogP contribution in [0, 0.1) is 0 Å². The Balaban J connectivity index is 1.08. The second kappa shape index (κ2) is 15.9. The molecule has 3 aromatic rings. The summed E-state index contributed by atoms with van der Waals surface area (Å²) in [6.45, 7) is 7.49. The highest BCUT2D eigenvalue weighted by molar-refractivity contribution is 5.57. The largest absolute Gasteiger partial charge is 0.496 e. The molecule has 2 aliphatic heterocycles. The SMILES string of the molecule is CNCCN1CCCc2ccc(CO[C@H]3CNCC[C@@H]3c3ccc(OCCCOCc4ccccc4OC)cc3)cc21. The van der Waals surface area contributed by atoms with E-state index in [0.717, 1.165) is 62.6 Å². The number of para-hydroxylation sites is 1. The van der Waals surface area contributed by atoms with Crippen molar-refractivity contribution in [3.8, 4) is 11.5 Å². The molecule has 0 saturated carbocycles. The summed E-state index contributed by atoms with van der Waals surface area (Å²) in [5, 5.41) is 6.83. The van der Waals surface area contributed by atoms with E-state index in [1.165, 1.54) is 35.2 Å². The van der Waals surface area contributed by atoms with Gasteiger partial charge in [-0.15, -0.1) is 0 Å². The smallest absolute Gasteiger partial charge is 0.124 e. The molecule has 0 radical (unpaired) electrons. The monoisotopic (exact) mass is 573 g/mol. The number of piperidine rings is 1. The van der Waals surface area contributed by atoms with Gasteiger partial charge in [-0.2, -0.15) is 0 Å². The summed E-state index contributed by atoms with van der Waals surface area (Å²) in [5.41, 5.74) is 6.48. The Morgan fingerprint density at radius 2 is 1.88 bits per heavy atom. The Morgan fingerprint density at radius 3 is 2.74 bits per heavy atom. The zero-order valence-corrected chi connectivity index (χ0v) is 25.3. The zero-order chi connectivity index (χ0) is 29.0. The van der Waals surface area contributed by atoms with Gasteiger partial charge in [0.25, 0.3) is 0 Å². The predicted molar refractivity (Wildman–Crippen MR) is 169 cm³/mol. The normalized spacial score (nSPS) is 18.5. The van der Waals surface area contributed by atoms with Crippen molar-refractivity contribution in [1.82, 2.24) is 10.6 Å². The van der Waals surface area contributed by atoms with Gasteiger partial charge in [0.15, 0.2) is 0 Å². The summed E-state index contributed by atoms with van der Waals surface area (Å²) in [6, 6.07) is 23.5. The molecule has 2 atom stereocenters. The van der Waals surface area contributed by atoms with Gasteiger partial charge in [0.05, 0.1) is 39.6 Å². The lowest BCUT2D eigenvalue weighted by Crippen LogP contribution is -2.41. The molecule has 0 aliphatic carbocycles. The third kappa shape index (κ3) is 8.26. The highest BCUT2D eigenvalue weighted by Gasteiger charge is 2.27. The molecule has 0 spiro atoms. The lowest BCUT2D eigenvalue weighted by atomic mass is 9.87. The average molecular weight is 574 g/mol. The van der Waals surface area contributed by atoms with E-state index in [1.807, 2.05) is 31.3 Å². The minimum atomic E-state index is 0.141. The van der Waals surface area contributed by atoms with Crippen LogP contribution in [0.5, 0.6) is 11.5 Å². The lowest BCUT2D eigenvalue weighted by molar-refractivity contribution is 0.0106. The molecule has 0 unspecified atom stereocenters. The summed E-state index contributed by atoms with van der Waals surface area (Å²) in [6.07, 6.45) is 4.43. The molecular formula is C35H47N3O4. The molecule has 7 nitrogen and oxygen atoms in total. The highest BCUT2D eigenvalue weighted by atomic mass is 16.5. The molecule has 2 heterocycles. The van der Waals surface area contributed by atoms with Crippen LogP contribution < -0.4 is 25.0 Å². The van der Waals surface area contributed by atoms with Crippen molar-refractivity contribution < 1.29 is 18.9 Å². The van der Waals surface area contributed by atoms with Crippen LogP contribution in [0.3, 0.4) is 0 Å². The van der Waals surface area contributed by atoms with E-state index in [1.54, 1.807) is 7.11 Å². The first-order chi connectivity index (χ1) is 20.7. The van der Waals surface area contributed by atoms with E-state index in [0.29, 0.717) is 32.3 Å². The maximum absolute atomic E-state index is 6.58. The summed E-state index contributed by atoms with van der Waals surface area (Å²) in [4.78, 5) is 2.52. The third-order valence-electron chi connectivity index (χ3n) is 8.35. The topological polar surface area (TPSA) is 64.2 Å². The van der Waals surface area contributed by atoms with E-state index in [4.69, 9.17) is 18.9 Å². The van der Waals surface area contributed by atoms with Crippen LogP contribution in [-0.2, 0) is 29.1 Å². The van der Waals surface area contributed by atoms with Crippen LogP contribution in [0.2, 0.25) is 0 Å². The first kappa shape index (κ1) is 30.4. The minimum absolute atomic E-state index is 0.141. The van der Waals surface area contributed by atoms with Gasteiger partial charge in [0.2, 0.25) is 0 Å². The van der Waals surface area contributed by atoms with Crippen molar-refractivity contribution in [3.63, 3.8) is 0 Å².